The molecular formula is C9H12ClF3N2O2. The average molecular weight is 273 g/mol. The minimum absolute atomic E-state index is 0.0893. The molecule has 17 heavy (non-hydrogen) atoms. The summed E-state index contributed by atoms with van der Waals surface area (Å²) in [7, 11) is 0. The highest BCUT2D eigenvalue weighted by Gasteiger charge is 2.27. The fourth-order valence-electron chi connectivity index (χ4n) is 1.06. The molecule has 0 radical (unpaired) electrons. The molecule has 0 bridgehead atoms. The molecule has 1 rings (SSSR count). The zero-order chi connectivity index (χ0) is 12.7. The van der Waals surface area contributed by atoms with Gasteiger partial charge in [-0.3, -0.25) is 0 Å². The van der Waals surface area contributed by atoms with E-state index in [-0.39, 0.29) is 13.0 Å². The van der Waals surface area contributed by atoms with Gasteiger partial charge in [0.05, 0.1) is 6.61 Å². The second-order valence-corrected chi connectivity index (χ2v) is 3.69. The first-order valence-electron chi connectivity index (χ1n) is 5.03. The minimum atomic E-state index is -4.30. The van der Waals surface area contributed by atoms with E-state index in [0.29, 0.717) is 30.4 Å². The standard InChI is InChI=1S/C9H12ClF3N2O2/c10-4-1-2-8-14-7(15-17-8)3-5-16-6-9(11,12)13/h1-6H2. The number of aryl methyl sites for hydroxylation is 1. The predicted molar refractivity (Wildman–Crippen MR) is 53.9 cm³/mol. The van der Waals surface area contributed by atoms with Crippen LogP contribution in [0.3, 0.4) is 0 Å². The molecule has 0 N–H and O–H groups in total. The van der Waals surface area contributed by atoms with Crippen molar-refractivity contribution in [2.75, 3.05) is 19.1 Å². The molecule has 1 aromatic heterocycles. The van der Waals surface area contributed by atoms with E-state index < -0.39 is 12.8 Å². The van der Waals surface area contributed by atoms with Crippen LogP contribution in [0.2, 0.25) is 0 Å². The minimum Gasteiger partial charge on any atom is -0.372 e. The molecule has 0 aliphatic carbocycles. The monoisotopic (exact) mass is 272 g/mol. The fourth-order valence-corrected chi connectivity index (χ4v) is 1.20. The fraction of sp³-hybridized carbons (Fsp3) is 0.778. The summed E-state index contributed by atoms with van der Waals surface area (Å²) in [6.07, 6.45) is -2.82. The zero-order valence-electron chi connectivity index (χ0n) is 8.97. The third-order valence-electron chi connectivity index (χ3n) is 1.77. The van der Waals surface area contributed by atoms with E-state index in [1.54, 1.807) is 0 Å². The van der Waals surface area contributed by atoms with Gasteiger partial charge in [-0.2, -0.15) is 18.2 Å². The first-order valence-corrected chi connectivity index (χ1v) is 5.56. The molecule has 0 aromatic carbocycles. The van der Waals surface area contributed by atoms with Crippen LogP contribution in [0.15, 0.2) is 4.52 Å². The Kier molecular flexibility index (Phi) is 5.70. The third kappa shape index (κ3) is 6.48. The lowest BCUT2D eigenvalue weighted by molar-refractivity contribution is -0.173. The van der Waals surface area contributed by atoms with E-state index in [0.717, 1.165) is 0 Å². The summed E-state index contributed by atoms with van der Waals surface area (Å²) in [5.74, 6) is 1.28. The zero-order valence-corrected chi connectivity index (χ0v) is 9.72. The molecule has 0 amide bonds. The van der Waals surface area contributed by atoms with Gasteiger partial charge in [0.15, 0.2) is 5.82 Å². The first-order chi connectivity index (χ1) is 8.01. The maximum Gasteiger partial charge on any atom is 0.411 e. The van der Waals surface area contributed by atoms with Crippen LogP contribution in [-0.2, 0) is 17.6 Å². The van der Waals surface area contributed by atoms with Crippen LogP contribution in [0.5, 0.6) is 0 Å². The molecule has 0 atom stereocenters. The summed E-state index contributed by atoms with van der Waals surface area (Å²) in [5, 5.41) is 3.61. The molecule has 0 spiro atoms. The second-order valence-electron chi connectivity index (χ2n) is 3.31. The van der Waals surface area contributed by atoms with Gasteiger partial charge in [-0.05, 0) is 6.42 Å². The average Bonchev–Trinajstić information content (AvgIpc) is 2.68. The van der Waals surface area contributed by atoms with Crippen molar-refractivity contribution in [3.8, 4) is 0 Å². The maximum atomic E-state index is 11.7. The summed E-state index contributed by atoms with van der Waals surface area (Å²) >= 11 is 5.49. The van der Waals surface area contributed by atoms with Crippen LogP contribution in [-0.4, -0.2) is 35.4 Å². The Labute approximate surface area is 101 Å². The summed E-state index contributed by atoms with van der Waals surface area (Å²) in [5.41, 5.74) is 0. The highest BCUT2D eigenvalue weighted by atomic mass is 35.5. The van der Waals surface area contributed by atoms with Crippen LogP contribution in [0.1, 0.15) is 18.1 Å². The molecule has 0 saturated heterocycles. The Morgan fingerprint density at radius 2 is 2.06 bits per heavy atom. The number of nitrogens with zero attached hydrogens (tertiary/aromatic N) is 2. The Morgan fingerprint density at radius 3 is 2.71 bits per heavy atom. The van der Waals surface area contributed by atoms with Crippen LogP contribution in [0, 0.1) is 0 Å². The number of aromatic nitrogens is 2. The number of halogens is 4. The maximum absolute atomic E-state index is 11.7. The largest absolute Gasteiger partial charge is 0.411 e. The molecule has 0 saturated carbocycles. The molecular weight excluding hydrogens is 261 g/mol. The molecule has 98 valence electrons. The van der Waals surface area contributed by atoms with E-state index >= 15 is 0 Å². The molecule has 1 heterocycles. The van der Waals surface area contributed by atoms with Crippen molar-refractivity contribution in [3.05, 3.63) is 11.7 Å². The molecule has 0 fully saturated rings. The van der Waals surface area contributed by atoms with Crippen LogP contribution in [0.25, 0.3) is 0 Å². The lowest BCUT2D eigenvalue weighted by Gasteiger charge is -2.05. The van der Waals surface area contributed by atoms with Crippen molar-refractivity contribution in [1.82, 2.24) is 10.1 Å². The quantitative estimate of drug-likeness (QED) is 0.565. The normalized spacial score (nSPS) is 12.0. The summed E-state index contributed by atoms with van der Waals surface area (Å²) < 4.78 is 44.5. The Hall–Kier alpha value is -0.820. The van der Waals surface area contributed by atoms with Crippen molar-refractivity contribution < 1.29 is 22.4 Å². The molecule has 4 nitrogen and oxygen atoms in total. The Morgan fingerprint density at radius 1 is 1.29 bits per heavy atom. The van der Waals surface area contributed by atoms with Crippen LogP contribution < -0.4 is 0 Å². The smallest absolute Gasteiger partial charge is 0.372 e. The Bertz CT molecular complexity index is 330. The number of ether oxygens (including phenoxy) is 1. The first kappa shape index (κ1) is 14.2. The van der Waals surface area contributed by atoms with E-state index in [1.165, 1.54) is 0 Å². The van der Waals surface area contributed by atoms with E-state index in [1.807, 2.05) is 0 Å². The number of hydrogen-bond acceptors (Lipinski definition) is 4. The third-order valence-corrected chi connectivity index (χ3v) is 2.04. The predicted octanol–water partition coefficient (Wildman–Crippen LogP) is 2.36. The van der Waals surface area contributed by atoms with Gasteiger partial charge in [0, 0.05) is 18.7 Å². The summed E-state index contributed by atoms with van der Waals surface area (Å²) in [6.45, 7) is -1.35. The second kappa shape index (κ2) is 6.80. The summed E-state index contributed by atoms with van der Waals surface area (Å²) in [6, 6.07) is 0. The van der Waals surface area contributed by atoms with E-state index in [2.05, 4.69) is 14.9 Å². The van der Waals surface area contributed by atoms with Gasteiger partial charge in [0.1, 0.15) is 6.61 Å². The van der Waals surface area contributed by atoms with E-state index in [9.17, 15) is 13.2 Å². The van der Waals surface area contributed by atoms with Gasteiger partial charge in [-0.25, -0.2) is 0 Å². The molecule has 1 aromatic rings. The van der Waals surface area contributed by atoms with Gasteiger partial charge < -0.3 is 9.26 Å². The van der Waals surface area contributed by atoms with Crippen molar-refractivity contribution in [1.29, 1.82) is 0 Å². The number of rotatable bonds is 7. The van der Waals surface area contributed by atoms with Crippen molar-refractivity contribution in [2.45, 2.75) is 25.4 Å². The van der Waals surface area contributed by atoms with Crippen molar-refractivity contribution >= 4 is 11.6 Å². The molecule has 0 aliphatic rings. The van der Waals surface area contributed by atoms with Crippen LogP contribution in [0.4, 0.5) is 13.2 Å². The molecule has 0 unspecified atom stereocenters. The lowest BCUT2D eigenvalue weighted by atomic mass is 10.3. The number of alkyl halides is 4. The van der Waals surface area contributed by atoms with Gasteiger partial charge >= 0.3 is 6.18 Å². The highest BCUT2D eigenvalue weighted by molar-refractivity contribution is 6.17. The highest BCUT2D eigenvalue weighted by Crippen LogP contribution is 2.14. The van der Waals surface area contributed by atoms with Gasteiger partial charge in [0.2, 0.25) is 5.89 Å². The van der Waals surface area contributed by atoms with Crippen molar-refractivity contribution in [2.24, 2.45) is 0 Å². The van der Waals surface area contributed by atoms with Gasteiger partial charge in [-0.15, -0.1) is 11.6 Å². The molecule has 0 aliphatic heterocycles. The van der Waals surface area contributed by atoms with Crippen molar-refractivity contribution in [3.63, 3.8) is 0 Å². The SMILES string of the molecule is FC(F)(F)COCCc1noc(CCCCl)n1. The van der Waals surface area contributed by atoms with E-state index in [4.69, 9.17) is 16.1 Å². The summed E-state index contributed by atoms with van der Waals surface area (Å²) in [4.78, 5) is 3.98. The Balaban J connectivity index is 2.21. The topological polar surface area (TPSA) is 48.2 Å². The lowest BCUT2D eigenvalue weighted by Crippen LogP contribution is -2.18. The van der Waals surface area contributed by atoms with Gasteiger partial charge in [-0.1, -0.05) is 5.16 Å². The van der Waals surface area contributed by atoms with Gasteiger partial charge in [0.25, 0.3) is 0 Å². The molecule has 8 heteroatoms. The van der Waals surface area contributed by atoms with Crippen LogP contribution >= 0.6 is 11.6 Å². The number of hydrogen-bond donors (Lipinski definition) is 0.